The van der Waals surface area contributed by atoms with Crippen LogP contribution in [0.5, 0.6) is 0 Å². The lowest BCUT2D eigenvalue weighted by atomic mass is 9.78. The molecule has 1 saturated heterocycles. The van der Waals surface area contributed by atoms with E-state index in [0.717, 1.165) is 11.1 Å². The summed E-state index contributed by atoms with van der Waals surface area (Å²) in [6.07, 6.45) is 0.153. The van der Waals surface area contributed by atoms with E-state index in [1.165, 1.54) is 0 Å². The topological polar surface area (TPSA) is 66.0 Å². The molecule has 0 unspecified atom stereocenters. The number of fused-ring (bicyclic) bond motifs is 1. The summed E-state index contributed by atoms with van der Waals surface area (Å²) in [4.78, 5) is 13.0. The lowest BCUT2D eigenvalue weighted by molar-refractivity contribution is -0.178. The van der Waals surface area contributed by atoms with Gasteiger partial charge in [-0.3, -0.25) is 4.79 Å². The summed E-state index contributed by atoms with van der Waals surface area (Å²) in [5.41, 5.74) is 1.19. The van der Waals surface area contributed by atoms with Crippen LogP contribution in [0.3, 0.4) is 0 Å². The van der Waals surface area contributed by atoms with E-state index in [1.54, 1.807) is 7.11 Å². The molecule has 4 atom stereocenters. The van der Waals surface area contributed by atoms with Crippen molar-refractivity contribution in [1.29, 1.82) is 0 Å². The van der Waals surface area contributed by atoms with Crippen LogP contribution in [0.4, 0.5) is 0 Å². The van der Waals surface area contributed by atoms with E-state index in [1.807, 2.05) is 45.9 Å². The minimum atomic E-state index is -1.01. The maximum absolute atomic E-state index is 13.0. The largest absolute Gasteiger partial charge is 0.379 e. The van der Waals surface area contributed by atoms with Crippen LogP contribution in [0.1, 0.15) is 44.7 Å². The summed E-state index contributed by atoms with van der Waals surface area (Å²) < 4.78 is 24.1. The fourth-order valence-corrected chi connectivity index (χ4v) is 4.12. The zero-order valence-corrected chi connectivity index (χ0v) is 16.9. The van der Waals surface area contributed by atoms with E-state index in [9.17, 15) is 4.79 Å². The van der Waals surface area contributed by atoms with Crippen LogP contribution in [0, 0.1) is 6.92 Å². The monoisotopic (exact) mass is 377 g/mol. The minimum absolute atomic E-state index is 0.119. The van der Waals surface area contributed by atoms with Crippen LogP contribution in [-0.2, 0) is 30.3 Å². The first-order chi connectivity index (χ1) is 12.8. The van der Waals surface area contributed by atoms with Crippen molar-refractivity contribution >= 4 is 5.91 Å². The highest BCUT2D eigenvalue weighted by Crippen LogP contribution is 2.43. The first-order valence-electron chi connectivity index (χ1n) is 9.65. The molecular formula is C21H31NO5. The number of aryl methyl sites for hydroxylation is 1. The van der Waals surface area contributed by atoms with Crippen LogP contribution in [-0.4, -0.2) is 49.3 Å². The minimum Gasteiger partial charge on any atom is -0.379 e. The van der Waals surface area contributed by atoms with Gasteiger partial charge in [-0.25, -0.2) is 0 Å². The summed E-state index contributed by atoms with van der Waals surface area (Å²) in [6, 6.07) is 8.12. The Morgan fingerprint density at radius 2 is 2.07 bits per heavy atom. The maximum Gasteiger partial charge on any atom is 0.252 e. The molecule has 0 aromatic heterocycles. The van der Waals surface area contributed by atoms with Crippen LogP contribution in [0.15, 0.2) is 24.3 Å². The number of benzene rings is 1. The van der Waals surface area contributed by atoms with Gasteiger partial charge in [0.25, 0.3) is 5.91 Å². The molecule has 0 bridgehead atoms. The average Bonchev–Trinajstić information content (AvgIpc) is 2.93. The van der Waals surface area contributed by atoms with E-state index in [4.69, 9.17) is 18.9 Å². The highest BCUT2D eigenvalue weighted by Gasteiger charge is 2.57. The van der Waals surface area contributed by atoms with E-state index >= 15 is 0 Å². The van der Waals surface area contributed by atoms with Crippen molar-refractivity contribution < 1.29 is 23.7 Å². The third-order valence-corrected chi connectivity index (χ3v) is 5.30. The Balaban J connectivity index is 1.85. The van der Waals surface area contributed by atoms with Gasteiger partial charge >= 0.3 is 0 Å². The molecule has 1 aliphatic heterocycles. The molecule has 6 nitrogen and oxygen atoms in total. The van der Waals surface area contributed by atoms with Crippen molar-refractivity contribution in [3.63, 3.8) is 0 Å². The normalized spacial score (nSPS) is 32.1. The molecule has 0 radical (unpaired) electrons. The molecule has 150 valence electrons. The van der Waals surface area contributed by atoms with Crippen LogP contribution in [0.2, 0.25) is 0 Å². The van der Waals surface area contributed by atoms with Crippen molar-refractivity contribution in [1.82, 2.24) is 5.32 Å². The lowest BCUT2D eigenvalue weighted by Gasteiger charge is -2.43. The van der Waals surface area contributed by atoms with Crippen LogP contribution >= 0.6 is 0 Å². The van der Waals surface area contributed by atoms with Gasteiger partial charge < -0.3 is 24.3 Å². The standard InChI is InChI=1S/C21H31NO5/c1-6-22-19(23)21(25-13-15-9-7-8-14(2)10-15)11-16(24-5)18-17(12-21)26-20(3,4)27-18/h7-10,16-18H,6,11-13H2,1-5H3,(H,22,23)/t16-,17+,18-,21+/m0/s1. The average molecular weight is 377 g/mol. The van der Waals surface area contributed by atoms with Crippen LogP contribution < -0.4 is 5.32 Å². The molecule has 0 spiro atoms. The molecule has 1 saturated carbocycles. The van der Waals surface area contributed by atoms with Gasteiger partial charge in [-0.1, -0.05) is 29.8 Å². The number of hydrogen-bond donors (Lipinski definition) is 1. The molecule has 1 amide bonds. The van der Waals surface area contributed by atoms with Crippen molar-refractivity contribution in [3.05, 3.63) is 35.4 Å². The zero-order valence-electron chi connectivity index (χ0n) is 16.9. The number of rotatable bonds is 6. The first kappa shape index (κ1) is 20.3. The van der Waals surface area contributed by atoms with E-state index in [2.05, 4.69) is 11.4 Å². The van der Waals surface area contributed by atoms with Gasteiger partial charge in [0.05, 0.1) is 18.8 Å². The summed E-state index contributed by atoms with van der Waals surface area (Å²) >= 11 is 0. The number of carbonyl (C=O) groups is 1. The van der Waals surface area contributed by atoms with Crippen molar-refractivity contribution in [2.24, 2.45) is 0 Å². The highest BCUT2D eigenvalue weighted by atomic mass is 16.8. The maximum atomic E-state index is 13.0. The molecule has 2 fully saturated rings. The molecule has 1 heterocycles. The molecule has 1 N–H and O–H groups in total. The molecule has 1 aromatic rings. The third kappa shape index (κ3) is 4.35. The van der Waals surface area contributed by atoms with Gasteiger partial charge in [-0.05, 0) is 33.3 Å². The molecule has 27 heavy (non-hydrogen) atoms. The van der Waals surface area contributed by atoms with Crippen molar-refractivity contribution in [2.45, 2.75) is 76.8 Å². The number of ether oxygens (including phenoxy) is 4. The van der Waals surface area contributed by atoms with Crippen molar-refractivity contribution in [2.75, 3.05) is 13.7 Å². The number of amides is 1. The van der Waals surface area contributed by atoms with Gasteiger partial charge in [0.1, 0.15) is 6.10 Å². The van der Waals surface area contributed by atoms with Crippen molar-refractivity contribution in [3.8, 4) is 0 Å². The second-order valence-corrected chi connectivity index (χ2v) is 7.95. The van der Waals surface area contributed by atoms with Gasteiger partial charge in [-0.2, -0.15) is 0 Å². The molecule has 1 aromatic carbocycles. The number of likely N-dealkylation sites (N-methyl/N-ethyl adjacent to an activating group) is 1. The van der Waals surface area contributed by atoms with Gasteiger partial charge in [0.2, 0.25) is 0 Å². The summed E-state index contributed by atoms with van der Waals surface area (Å²) in [7, 11) is 1.64. The molecular weight excluding hydrogens is 346 g/mol. The quantitative estimate of drug-likeness (QED) is 0.826. The molecule has 2 aliphatic rings. The fourth-order valence-electron chi connectivity index (χ4n) is 4.12. The smallest absolute Gasteiger partial charge is 0.252 e. The Kier molecular flexibility index (Phi) is 5.91. The summed E-state index contributed by atoms with van der Waals surface area (Å²) in [5.74, 6) is -0.813. The number of carbonyl (C=O) groups excluding carboxylic acids is 1. The molecule has 6 heteroatoms. The number of nitrogens with one attached hydrogen (secondary N) is 1. The number of methoxy groups -OCH3 is 1. The summed E-state index contributed by atoms with van der Waals surface area (Å²) in [6.45, 7) is 8.63. The fraction of sp³-hybridized carbons (Fsp3) is 0.667. The lowest BCUT2D eigenvalue weighted by Crippen LogP contribution is -2.59. The van der Waals surface area contributed by atoms with E-state index < -0.39 is 11.4 Å². The van der Waals surface area contributed by atoms with Gasteiger partial charge in [-0.15, -0.1) is 0 Å². The van der Waals surface area contributed by atoms with Crippen LogP contribution in [0.25, 0.3) is 0 Å². The first-order valence-corrected chi connectivity index (χ1v) is 9.65. The SMILES string of the molecule is CCNC(=O)[C@@]1(OCc2cccc(C)c2)C[C@H](OC)[C@@H]2OC(C)(C)O[C@@H]2C1. The Labute approximate surface area is 161 Å². The molecule has 3 rings (SSSR count). The Bertz CT molecular complexity index is 676. The van der Waals surface area contributed by atoms with E-state index in [-0.39, 0.29) is 24.2 Å². The zero-order chi connectivity index (χ0) is 19.7. The highest BCUT2D eigenvalue weighted by molar-refractivity contribution is 5.85. The van der Waals surface area contributed by atoms with Gasteiger partial charge in [0, 0.05) is 26.5 Å². The second kappa shape index (κ2) is 7.87. The second-order valence-electron chi connectivity index (χ2n) is 7.95. The molecule has 1 aliphatic carbocycles. The third-order valence-electron chi connectivity index (χ3n) is 5.30. The van der Waals surface area contributed by atoms with Gasteiger partial charge in [0.15, 0.2) is 11.4 Å². The predicted octanol–water partition coefficient (Wildman–Crippen LogP) is 2.72. The Morgan fingerprint density at radius 3 is 2.74 bits per heavy atom. The summed E-state index contributed by atoms with van der Waals surface area (Å²) in [5, 5.41) is 2.93. The Morgan fingerprint density at radius 1 is 1.30 bits per heavy atom. The number of hydrogen-bond acceptors (Lipinski definition) is 5. The Hall–Kier alpha value is -1.47. The predicted molar refractivity (Wildman–Crippen MR) is 101 cm³/mol. The van der Waals surface area contributed by atoms with E-state index in [0.29, 0.717) is 26.0 Å².